The van der Waals surface area contributed by atoms with Crippen molar-refractivity contribution in [2.45, 2.75) is 161 Å². The second-order valence-electron chi connectivity index (χ2n) is 31.7. The van der Waals surface area contributed by atoms with Gasteiger partial charge in [-0.1, -0.05) is 61.3 Å². The predicted octanol–water partition coefficient (Wildman–Crippen LogP) is 1.77. The smallest absolute Gasteiger partial charge is 0.264 e. The summed E-state index contributed by atoms with van der Waals surface area (Å²) in [5.41, 5.74) is -2.33. The predicted molar refractivity (Wildman–Crippen MR) is 413 cm³/mol. The average molecular weight is 1680 g/mol. The third-order valence-electron chi connectivity index (χ3n) is 22.9. The number of nitrogens with zero attached hydrogens (tertiary/aromatic N) is 1. The summed E-state index contributed by atoms with van der Waals surface area (Å²) < 4.78 is 61.5. The Labute approximate surface area is 680 Å². The van der Waals surface area contributed by atoms with Crippen molar-refractivity contribution in [3.8, 4) is 51.4 Å². The van der Waals surface area contributed by atoms with E-state index in [-0.39, 0.29) is 93.0 Å². The third-order valence-corrected chi connectivity index (χ3v) is 24.9. The van der Waals surface area contributed by atoms with Crippen molar-refractivity contribution >= 4 is 80.5 Å². The maximum absolute atomic E-state index is 16.5. The summed E-state index contributed by atoms with van der Waals surface area (Å²) in [5, 5.41) is 126. The molecule has 1 saturated heterocycles. The molecule has 17 rings (SSSR count). The van der Waals surface area contributed by atoms with Crippen LogP contribution in [0.15, 0.2) is 108 Å². The van der Waals surface area contributed by atoms with Crippen LogP contribution in [-0.4, -0.2) is 208 Å². The standard InChI is InChI=1S/C80H90Cl2N10O24S/c1-33(2)18-51(83-3)72(101)89-64-66(96)37-7-14-53(49(81)25-37)113-55-27-41-28-56(71(55)116-79-70(100)69(99)68(98)57(32-93)115-79)114-54-15-8-38(26-50(54)82)67(97)65-78(107)88-63(76(105)85-60-39-20-34-19-35(22-39)23-40(60)21-34)46-29-42(94)30-48-59(46)45-24-36(6-13-47(45)80(48,108)109)61(74(103)90-65)87-75(104)62(41)86-73(102)52(84-77(64)106)31-58(95)91-117(110,111)44-11-9-43(10-12-44)112-17-16-92(4)5/h6-15,24-30,33-35,39-40,51-52,57,60-70,79,83,93-94,96-100,108-109H,16-23,31-32H2,1-5H3,(H,84,106)(H,85,105)(H,86,102)(H,87,104)(H,88,107)(H,89,101)(H,90,103)(H,91,95)/t34?,35?,39?,40?,51-,52+,57-,60?,61-,62-,63+,64-,65+,66-,67-,68-,69+,70-,79+/m1/s1. The van der Waals surface area contributed by atoms with Crippen LogP contribution in [0.1, 0.15) is 128 Å². The minimum Gasteiger partial charge on any atom is -0.508 e. The Kier molecular flexibility index (Phi) is 24.0. The quantitative estimate of drug-likeness (QED) is 0.0545. The Morgan fingerprint density at radius 3 is 1.87 bits per heavy atom. The van der Waals surface area contributed by atoms with E-state index < -0.39 is 210 Å². The van der Waals surface area contributed by atoms with Gasteiger partial charge in [-0.2, -0.15) is 0 Å². The van der Waals surface area contributed by atoms with Gasteiger partial charge in [0.15, 0.2) is 11.5 Å². The molecule has 34 nitrogen and oxygen atoms in total. The van der Waals surface area contributed by atoms with Crippen LogP contribution in [0.2, 0.25) is 10.0 Å². The number of phenolic OH excluding ortho intramolecular Hbond substituents is 1. The van der Waals surface area contributed by atoms with Gasteiger partial charge in [-0.3, -0.25) is 38.4 Å². The Hall–Kier alpha value is -9.83. The van der Waals surface area contributed by atoms with Crippen molar-refractivity contribution in [2.75, 3.05) is 40.9 Å². The summed E-state index contributed by atoms with van der Waals surface area (Å²) in [6.07, 6.45) is -11.1. The van der Waals surface area contributed by atoms with Gasteiger partial charge >= 0.3 is 0 Å². The molecule has 6 heterocycles. The fourth-order valence-corrected chi connectivity index (χ4v) is 18.7. The number of carbonyl (C=O) groups excluding carboxylic acids is 8. The molecule has 624 valence electrons. The number of hydrogen-bond donors (Lipinski definition) is 18. The Morgan fingerprint density at radius 1 is 0.658 bits per heavy atom. The number of aliphatic hydroxyl groups excluding tert-OH is 6. The molecule has 18 N–H and O–H groups in total. The largest absolute Gasteiger partial charge is 0.508 e. The highest BCUT2D eigenvalue weighted by Gasteiger charge is 2.52. The SMILES string of the molecule is CN[C@H](CC(C)C)C(=O)N[C@H]1C(=O)N[C@@H](CC(=O)NS(=O)(=O)c2ccc(OCCN(C)C)cc2)C(=O)N[C@H]2C(=O)N[C@H]3C(=O)N[C@H](C(=O)N[C@H](C(=O)NC4C5CC6CC(C5)CC4C6)c4cc(O)cc5c4-c4cc3ccc4C5(O)O)[C@H](O)c3ccc(c(Cl)c3)Oc3cc2cc(c3O[C@@H]2O[C@H](CO)[C@@H](O)[C@H](O)[C@H]2O)Oc2ccc(cc2Cl)[C@H]1O. The van der Waals surface area contributed by atoms with Crippen LogP contribution in [0.3, 0.4) is 0 Å². The number of carbonyl (C=O) groups is 8. The van der Waals surface area contributed by atoms with Gasteiger partial charge in [-0.25, -0.2) is 13.1 Å². The van der Waals surface area contributed by atoms with Gasteiger partial charge in [0.1, 0.15) is 102 Å². The number of sulfonamides is 1. The lowest BCUT2D eigenvalue weighted by Crippen LogP contribution is -2.60. The molecule has 11 aliphatic rings. The number of halogens is 2. The normalized spacial score (nSPS) is 28.6. The maximum Gasteiger partial charge on any atom is 0.264 e. The van der Waals surface area contributed by atoms with Crippen molar-refractivity contribution in [3.63, 3.8) is 0 Å². The highest BCUT2D eigenvalue weighted by Crippen LogP contribution is 2.56. The van der Waals surface area contributed by atoms with Crippen LogP contribution in [0.4, 0.5) is 0 Å². The second-order valence-corrected chi connectivity index (χ2v) is 34.2. The van der Waals surface area contributed by atoms with E-state index in [9.17, 15) is 64.0 Å². The van der Waals surface area contributed by atoms with Crippen LogP contribution < -0.4 is 66.2 Å². The number of benzene rings is 6. The van der Waals surface area contributed by atoms with Crippen LogP contribution in [0, 0.1) is 29.6 Å². The second kappa shape index (κ2) is 33.5. The topological polar surface area (TPSA) is 510 Å². The lowest BCUT2D eigenvalue weighted by Gasteiger charge is -2.54. The molecule has 0 unspecified atom stereocenters. The van der Waals surface area contributed by atoms with Crippen LogP contribution in [0.5, 0.6) is 40.2 Å². The highest BCUT2D eigenvalue weighted by atomic mass is 35.5. The average Bonchev–Trinajstić information content (AvgIpc) is 1.56. The molecular formula is C80H90Cl2N10O24S. The third kappa shape index (κ3) is 17.0. The highest BCUT2D eigenvalue weighted by molar-refractivity contribution is 7.90. The van der Waals surface area contributed by atoms with Crippen LogP contribution in [0.25, 0.3) is 11.1 Å². The molecule has 8 amide bonds. The van der Waals surface area contributed by atoms with Gasteiger partial charge in [0.05, 0.1) is 34.0 Å². The van der Waals surface area contributed by atoms with Crippen molar-refractivity contribution in [1.82, 2.24) is 52.2 Å². The minimum atomic E-state index is -4.90. The molecule has 15 bridgehead atoms. The fourth-order valence-electron chi connectivity index (χ4n) is 17.2. The number of fused-ring (bicyclic) bond motifs is 12. The fraction of sp³-hybridized carbons (Fsp3) is 0.450. The molecule has 0 radical (unpaired) electrons. The zero-order chi connectivity index (χ0) is 83.7. The van der Waals surface area contributed by atoms with E-state index in [0.29, 0.717) is 18.4 Å². The van der Waals surface area contributed by atoms with E-state index >= 15 is 28.8 Å². The number of likely N-dealkylation sites (N-methyl/N-ethyl adjacent to an activating group) is 2. The minimum absolute atomic E-state index is 0.0686. The molecule has 6 aromatic rings. The first-order valence-corrected chi connectivity index (χ1v) is 40.5. The number of aromatic hydroxyl groups is 1. The molecule has 0 spiro atoms. The summed E-state index contributed by atoms with van der Waals surface area (Å²) in [7, 11) is 0.185. The number of aliphatic hydroxyl groups is 8. The van der Waals surface area contributed by atoms with Crippen molar-refractivity contribution in [1.29, 1.82) is 0 Å². The van der Waals surface area contributed by atoms with E-state index in [4.69, 9.17) is 46.9 Å². The zero-order valence-corrected chi connectivity index (χ0v) is 66.0. The molecule has 14 atom stereocenters. The van der Waals surface area contributed by atoms with E-state index in [0.717, 1.165) is 86.7 Å². The molecule has 6 aliphatic heterocycles. The number of nitrogens with one attached hydrogen (secondary N) is 9. The Balaban J connectivity index is 0.950. The molecule has 37 heteroatoms. The van der Waals surface area contributed by atoms with Gasteiger partial charge in [0.2, 0.25) is 65.1 Å². The van der Waals surface area contributed by atoms with Gasteiger partial charge in [0.25, 0.3) is 10.0 Å². The molecule has 4 saturated carbocycles. The van der Waals surface area contributed by atoms with Crippen molar-refractivity contribution < 1.29 is 116 Å². The van der Waals surface area contributed by atoms with Crippen LogP contribution >= 0.6 is 23.2 Å². The monoisotopic (exact) mass is 1680 g/mol. The lowest BCUT2D eigenvalue weighted by atomic mass is 9.54. The molecule has 6 aromatic carbocycles. The number of hydrogen-bond acceptors (Lipinski definition) is 26. The van der Waals surface area contributed by atoms with E-state index in [1.165, 1.54) is 55.6 Å². The molecule has 5 fully saturated rings. The first kappa shape index (κ1) is 83.7. The first-order chi connectivity index (χ1) is 55.6. The number of phenols is 1. The Bertz CT molecular complexity index is 5010. The molecule has 5 aliphatic carbocycles. The summed E-state index contributed by atoms with van der Waals surface area (Å²) in [5.74, 6) is -15.4. The summed E-state index contributed by atoms with van der Waals surface area (Å²) >= 11 is 14.3. The van der Waals surface area contributed by atoms with Gasteiger partial charge in [-0.15, -0.1) is 0 Å². The molecule has 0 aromatic heterocycles. The van der Waals surface area contributed by atoms with Crippen molar-refractivity contribution in [2.24, 2.45) is 29.6 Å². The molecular weight excluding hydrogens is 1590 g/mol. The van der Waals surface area contributed by atoms with Crippen LogP contribution in [-0.2, 0) is 58.9 Å². The summed E-state index contributed by atoms with van der Waals surface area (Å²) in [6.45, 7) is 3.34. The first-order valence-electron chi connectivity index (χ1n) is 38.2. The number of ether oxygens (including phenoxy) is 5. The maximum atomic E-state index is 16.5. The van der Waals surface area contributed by atoms with E-state index in [1.807, 2.05) is 23.7 Å². The van der Waals surface area contributed by atoms with Gasteiger partial charge in [-0.05, 0) is 207 Å². The summed E-state index contributed by atoms with van der Waals surface area (Å²) in [6, 6.07) is 4.91. The summed E-state index contributed by atoms with van der Waals surface area (Å²) in [4.78, 5) is 126. The Morgan fingerprint density at radius 2 is 1.26 bits per heavy atom. The van der Waals surface area contributed by atoms with Gasteiger partial charge < -0.3 is 117 Å². The van der Waals surface area contributed by atoms with E-state index in [2.05, 4.69) is 42.5 Å². The molecule has 117 heavy (non-hydrogen) atoms. The van der Waals surface area contributed by atoms with Gasteiger partial charge in [0, 0.05) is 23.7 Å². The lowest BCUT2D eigenvalue weighted by molar-refractivity contribution is -0.277. The van der Waals surface area contributed by atoms with Crippen molar-refractivity contribution in [3.05, 3.63) is 152 Å². The number of rotatable bonds is 18. The zero-order valence-electron chi connectivity index (χ0n) is 63.7. The number of amides is 8. The van der Waals surface area contributed by atoms with E-state index in [1.54, 1.807) is 13.8 Å².